The number of nitrogens with zero attached hydrogens (tertiary/aromatic N) is 7. The van der Waals surface area contributed by atoms with Crippen molar-refractivity contribution in [2.24, 2.45) is 0 Å². The fourth-order valence-electron chi connectivity index (χ4n) is 2.32. The minimum absolute atomic E-state index is 0.584. The molecule has 0 aliphatic heterocycles. The summed E-state index contributed by atoms with van der Waals surface area (Å²) in [4.78, 5) is 16.9. The van der Waals surface area contributed by atoms with E-state index >= 15 is 0 Å². The van der Waals surface area contributed by atoms with Gasteiger partial charge in [-0.25, -0.2) is 15.0 Å². The third kappa shape index (κ3) is 2.61. The molecule has 8 heteroatoms. The smallest absolute Gasteiger partial charge is 0.254 e. The Morgan fingerprint density at radius 2 is 2.17 bits per heavy atom. The van der Waals surface area contributed by atoms with Gasteiger partial charge in [-0.2, -0.15) is 14.6 Å². The van der Waals surface area contributed by atoms with Gasteiger partial charge >= 0.3 is 0 Å². The van der Waals surface area contributed by atoms with Crippen LogP contribution >= 0.6 is 0 Å². The maximum Gasteiger partial charge on any atom is 0.254 e. The molecular formula is C15H14N8. The molecule has 0 spiro atoms. The number of hydrogen-bond acceptors (Lipinski definition) is 6. The van der Waals surface area contributed by atoms with Crippen molar-refractivity contribution in [3.8, 4) is 5.82 Å². The lowest BCUT2D eigenvalue weighted by atomic mass is 10.3. The molecule has 0 aliphatic rings. The summed E-state index contributed by atoms with van der Waals surface area (Å²) < 4.78 is 3.54. The van der Waals surface area contributed by atoms with Crippen LogP contribution in [0.25, 0.3) is 11.6 Å². The van der Waals surface area contributed by atoms with Gasteiger partial charge < -0.3 is 5.32 Å². The van der Waals surface area contributed by atoms with Crippen LogP contribution in [0.15, 0.2) is 49.4 Å². The first-order valence-electron chi connectivity index (χ1n) is 7.14. The average molecular weight is 306 g/mol. The minimum Gasteiger partial charge on any atom is -0.366 e. The molecule has 23 heavy (non-hydrogen) atoms. The van der Waals surface area contributed by atoms with Crippen molar-refractivity contribution in [3.05, 3.63) is 60.7 Å². The lowest BCUT2D eigenvalue weighted by Crippen LogP contribution is -2.07. The van der Waals surface area contributed by atoms with Crippen LogP contribution in [0.2, 0.25) is 0 Å². The van der Waals surface area contributed by atoms with Crippen molar-refractivity contribution in [2.45, 2.75) is 13.5 Å². The van der Waals surface area contributed by atoms with Crippen LogP contribution < -0.4 is 5.32 Å². The topological polar surface area (TPSA) is 85.8 Å². The van der Waals surface area contributed by atoms with Crippen molar-refractivity contribution in [1.29, 1.82) is 0 Å². The Bertz CT molecular complexity index is 924. The number of nitrogens with one attached hydrogen (secondary N) is 1. The van der Waals surface area contributed by atoms with Crippen molar-refractivity contribution in [2.75, 3.05) is 5.32 Å². The Kier molecular flexibility index (Phi) is 3.19. The molecule has 0 fully saturated rings. The minimum atomic E-state index is 0.584. The van der Waals surface area contributed by atoms with E-state index in [0.29, 0.717) is 12.3 Å². The highest BCUT2D eigenvalue weighted by Crippen LogP contribution is 2.12. The summed E-state index contributed by atoms with van der Waals surface area (Å²) in [6.07, 6.45) is 8.65. The van der Waals surface area contributed by atoms with Gasteiger partial charge in [-0.1, -0.05) is 6.07 Å². The first kappa shape index (κ1) is 13.4. The first-order valence-corrected chi connectivity index (χ1v) is 7.14. The van der Waals surface area contributed by atoms with E-state index in [1.165, 1.54) is 6.33 Å². The van der Waals surface area contributed by atoms with Gasteiger partial charge in [0, 0.05) is 36.9 Å². The predicted octanol–water partition coefficient (Wildman–Crippen LogP) is 1.63. The monoisotopic (exact) mass is 306 g/mol. The number of anilines is 1. The van der Waals surface area contributed by atoms with Gasteiger partial charge in [-0.3, -0.25) is 4.57 Å². The molecule has 0 aromatic carbocycles. The van der Waals surface area contributed by atoms with Crippen molar-refractivity contribution < 1.29 is 0 Å². The normalized spacial score (nSPS) is 11.0. The number of aryl methyl sites for hydroxylation is 1. The van der Waals surface area contributed by atoms with E-state index in [9.17, 15) is 0 Å². The zero-order valence-electron chi connectivity index (χ0n) is 12.5. The highest BCUT2D eigenvalue weighted by molar-refractivity contribution is 5.45. The summed E-state index contributed by atoms with van der Waals surface area (Å²) >= 11 is 0. The zero-order valence-corrected chi connectivity index (χ0v) is 12.5. The Labute approximate surface area is 131 Å². The highest BCUT2D eigenvalue weighted by atomic mass is 15.3. The molecule has 4 aromatic heterocycles. The fraction of sp³-hybridized carbons (Fsp3) is 0.133. The number of pyridine rings is 1. The van der Waals surface area contributed by atoms with Gasteiger partial charge in [0.1, 0.15) is 24.3 Å². The summed E-state index contributed by atoms with van der Waals surface area (Å²) in [5, 5.41) is 7.52. The van der Waals surface area contributed by atoms with Crippen LogP contribution in [0, 0.1) is 6.92 Å². The van der Waals surface area contributed by atoms with Crippen molar-refractivity contribution in [1.82, 2.24) is 34.1 Å². The van der Waals surface area contributed by atoms with Crippen LogP contribution in [-0.2, 0) is 6.54 Å². The first-order chi connectivity index (χ1) is 11.3. The molecule has 114 valence electrons. The second-order valence-electron chi connectivity index (χ2n) is 5.10. The van der Waals surface area contributed by atoms with Crippen molar-refractivity contribution >= 4 is 11.6 Å². The average Bonchev–Trinajstić information content (AvgIpc) is 3.24. The maximum atomic E-state index is 4.44. The summed E-state index contributed by atoms with van der Waals surface area (Å²) in [7, 11) is 0. The summed E-state index contributed by atoms with van der Waals surface area (Å²) in [6.45, 7) is 2.57. The quantitative estimate of drug-likeness (QED) is 0.616. The molecule has 0 unspecified atom stereocenters. The lowest BCUT2D eigenvalue weighted by Gasteiger charge is -2.09. The van der Waals surface area contributed by atoms with Gasteiger partial charge in [0.05, 0.1) is 0 Å². The highest BCUT2D eigenvalue weighted by Gasteiger charge is 2.05. The second-order valence-corrected chi connectivity index (χ2v) is 5.10. The second kappa shape index (κ2) is 5.48. The molecule has 4 aromatic rings. The number of fused-ring (bicyclic) bond motifs is 1. The Morgan fingerprint density at radius 1 is 1.22 bits per heavy atom. The Hall–Kier alpha value is -3.29. The zero-order chi connectivity index (χ0) is 15.6. The van der Waals surface area contributed by atoms with Crippen LogP contribution in [-0.4, -0.2) is 34.1 Å². The molecule has 0 aliphatic carbocycles. The molecule has 0 saturated heterocycles. The Balaban J connectivity index is 1.53. The van der Waals surface area contributed by atoms with Crippen LogP contribution in [0.3, 0.4) is 0 Å². The SMILES string of the molecule is Cc1cc(NCc2ccc(-n3ccnc3)nc2)n2ncnc2n1. The van der Waals surface area contributed by atoms with Crippen molar-refractivity contribution in [3.63, 3.8) is 0 Å². The Morgan fingerprint density at radius 3 is 2.96 bits per heavy atom. The van der Waals surface area contributed by atoms with Gasteiger partial charge in [0.25, 0.3) is 5.78 Å². The predicted molar refractivity (Wildman–Crippen MR) is 84.2 cm³/mol. The fourth-order valence-corrected chi connectivity index (χ4v) is 2.32. The molecule has 1 N–H and O–H groups in total. The van der Waals surface area contributed by atoms with E-state index in [4.69, 9.17) is 0 Å². The largest absolute Gasteiger partial charge is 0.366 e. The lowest BCUT2D eigenvalue weighted by molar-refractivity contribution is 0.913. The van der Waals surface area contributed by atoms with E-state index in [-0.39, 0.29) is 0 Å². The number of imidazole rings is 1. The number of rotatable bonds is 4. The van der Waals surface area contributed by atoms with Gasteiger partial charge in [-0.05, 0) is 18.6 Å². The third-order valence-corrected chi connectivity index (χ3v) is 3.43. The van der Waals surface area contributed by atoms with Crippen LogP contribution in [0.5, 0.6) is 0 Å². The molecule has 4 rings (SSSR count). The standard InChI is InChI=1S/C15H14N8/c1-11-6-14(23-15(21-11)19-9-20-23)18-8-12-2-3-13(17-7-12)22-5-4-16-10-22/h2-7,9-10,18H,8H2,1H3. The molecule has 8 nitrogen and oxygen atoms in total. The molecular weight excluding hydrogens is 292 g/mol. The van der Waals surface area contributed by atoms with Crippen LogP contribution in [0.4, 0.5) is 5.82 Å². The summed E-state index contributed by atoms with van der Waals surface area (Å²) in [5.41, 5.74) is 1.96. The number of aromatic nitrogens is 7. The van der Waals surface area contributed by atoms with Gasteiger partial charge in [-0.15, -0.1) is 0 Å². The molecule has 4 heterocycles. The summed E-state index contributed by atoms with van der Waals surface area (Å²) in [6, 6.07) is 5.93. The summed E-state index contributed by atoms with van der Waals surface area (Å²) in [5.74, 6) is 2.27. The van der Waals surface area contributed by atoms with E-state index in [2.05, 4.69) is 30.4 Å². The van der Waals surface area contributed by atoms with Crippen LogP contribution in [0.1, 0.15) is 11.3 Å². The number of hydrogen-bond donors (Lipinski definition) is 1. The molecule has 0 radical (unpaired) electrons. The molecule has 0 amide bonds. The van der Waals surface area contributed by atoms with Gasteiger partial charge in [0.2, 0.25) is 0 Å². The third-order valence-electron chi connectivity index (χ3n) is 3.43. The van der Waals surface area contributed by atoms with E-state index < -0.39 is 0 Å². The van der Waals surface area contributed by atoms with E-state index in [1.807, 2.05) is 42.1 Å². The van der Waals surface area contributed by atoms with Gasteiger partial charge in [0.15, 0.2) is 0 Å². The molecule has 0 atom stereocenters. The van der Waals surface area contributed by atoms with E-state index in [0.717, 1.165) is 22.9 Å². The van der Waals surface area contributed by atoms with E-state index in [1.54, 1.807) is 17.0 Å². The maximum absolute atomic E-state index is 4.44. The molecule has 0 bridgehead atoms. The molecule has 0 saturated carbocycles.